The van der Waals surface area contributed by atoms with Gasteiger partial charge >= 0.3 is 0 Å². The molecule has 2 aromatic rings. The zero-order chi connectivity index (χ0) is 18.4. The molecule has 1 heterocycles. The molecule has 1 fully saturated rings. The molecule has 1 aliphatic heterocycles. The van der Waals surface area contributed by atoms with Crippen LogP contribution in [0.1, 0.15) is 25.5 Å². The second-order valence-electron chi connectivity index (χ2n) is 6.46. The molecule has 138 valence electrons. The standard InChI is InChI=1S/C21H27N3OS/c1-3-25-20-12-8-7-11-19(20)23-13-15-24(16-14-23)21(26)22-17(2)18-9-5-4-6-10-18/h4-12,17H,3,13-16H2,1-2H3,(H,22,26). The van der Waals surface area contributed by atoms with Gasteiger partial charge < -0.3 is 19.9 Å². The number of anilines is 1. The maximum atomic E-state index is 5.77. The summed E-state index contributed by atoms with van der Waals surface area (Å²) in [7, 11) is 0. The summed E-state index contributed by atoms with van der Waals surface area (Å²) in [6, 6.07) is 18.9. The van der Waals surface area contributed by atoms with Crippen molar-refractivity contribution in [2.75, 3.05) is 37.7 Å². The summed E-state index contributed by atoms with van der Waals surface area (Å²) < 4.78 is 5.77. The van der Waals surface area contributed by atoms with E-state index >= 15 is 0 Å². The lowest BCUT2D eigenvalue weighted by Crippen LogP contribution is -2.52. The van der Waals surface area contributed by atoms with Crippen LogP contribution in [0.4, 0.5) is 5.69 Å². The minimum atomic E-state index is 0.209. The maximum Gasteiger partial charge on any atom is 0.169 e. The summed E-state index contributed by atoms with van der Waals surface area (Å²) >= 11 is 5.64. The zero-order valence-corrected chi connectivity index (χ0v) is 16.3. The van der Waals surface area contributed by atoms with Crippen molar-refractivity contribution in [2.45, 2.75) is 19.9 Å². The van der Waals surface area contributed by atoms with E-state index in [2.05, 4.69) is 58.4 Å². The summed E-state index contributed by atoms with van der Waals surface area (Å²) in [5, 5.41) is 4.30. The van der Waals surface area contributed by atoms with Gasteiger partial charge in [0.1, 0.15) is 5.75 Å². The van der Waals surface area contributed by atoms with Gasteiger partial charge in [0.2, 0.25) is 0 Å². The van der Waals surface area contributed by atoms with E-state index in [4.69, 9.17) is 17.0 Å². The highest BCUT2D eigenvalue weighted by Crippen LogP contribution is 2.28. The lowest BCUT2D eigenvalue weighted by atomic mass is 10.1. The number of piperazine rings is 1. The van der Waals surface area contributed by atoms with Crippen molar-refractivity contribution in [1.82, 2.24) is 10.2 Å². The van der Waals surface area contributed by atoms with Crippen LogP contribution < -0.4 is 15.0 Å². The molecule has 2 aromatic carbocycles. The predicted molar refractivity (Wildman–Crippen MR) is 112 cm³/mol. The molecule has 0 aliphatic carbocycles. The van der Waals surface area contributed by atoms with Gasteiger partial charge in [-0.2, -0.15) is 0 Å². The van der Waals surface area contributed by atoms with Crippen LogP contribution in [-0.2, 0) is 0 Å². The molecule has 0 saturated carbocycles. The van der Waals surface area contributed by atoms with Crippen molar-refractivity contribution in [3.05, 3.63) is 60.2 Å². The first-order chi connectivity index (χ1) is 12.7. The van der Waals surface area contributed by atoms with Crippen LogP contribution in [0.25, 0.3) is 0 Å². The van der Waals surface area contributed by atoms with E-state index in [1.165, 1.54) is 11.3 Å². The molecule has 1 saturated heterocycles. The Hall–Kier alpha value is -2.27. The third-order valence-corrected chi connectivity index (χ3v) is 5.09. The molecule has 0 amide bonds. The van der Waals surface area contributed by atoms with Gasteiger partial charge in [-0.25, -0.2) is 0 Å². The van der Waals surface area contributed by atoms with E-state index in [0.717, 1.165) is 37.0 Å². The van der Waals surface area contributed by atoms with Crippen molar-refractivity contribution in [2.24, 2.45) is 0 Å². The van der Waals surface area contributed by atoms with Crippen LogP contribution in [0.3, 0.4) is 0 Å². The highest BCUT2D eigenvalue weighted by molar-refractivity contribution is 7.80. The Morgan fingerprint density at radius 1 is 1.04 bits per heavy atom. The van der Waals surface area contributed by atoms with Crippen LogP contribution >= 0.6 is 12.2 Å². The fourth-order valence-corrected chi connectivity index (χ4v) is 3.61. The lowest BCUT2D eigenvalue weighted by molar-refractivity contribution is 0.335. The Morgan fingerprint density at radius 2 is 1.69 bits per heavy atom. The maximum absolute atomic E-state index is 5.77. The number of nitrogens with zero attached hydrogens (tertiary/aromatic N) is 2. The Labute approximate surface area is 161 Å². The first-order valence-corrected chi connectivity index (χ1v) is 9.67. The van der Waals surface area contributed by atoms with Gasteiger partial charge in [-0.05, 0) is 43.8 Å². The second-order valence-corrected chi connectivity index (χ2v) is 6.84. The Morgan fingerprint density at radius 3 is 2.38 bits per heavy atom. The molecule has 0 radical (unpaired) electrons. The zero-order valence-electron chi connectivity index (χ0n) is 15.5. The molecule has 26 heavy (non-hydrogen) atoms. The average Bonchev–Trinajstić information content (AvgIpc) is 2.69. The molecule has 1 unspecified atom stereocenters. The third-order valence-electron chi connectivity index (χ3n) is 4.71. The molecule has 0 aromatic heterocycles. The fourth-order valence-electron chi connectivity index (χ4n) is 3.25. The monoisotopic (exact) mass is 369 g/mol. The molecular formula is C21H27N3OS. The molecule has 5 heteroatoms. The van der Waals surface area contributed by atoms with Gasteiger partial charge in [-0.15, -0.1) is 0 Å². The largest absolute Gasteiger partial charge is 0.492 e. The molecule has 0 bridgehead atoms. The number of rotatable bonds is 5. The van der Waals surface area contributed by atoms with E-state index in [0.29, 0.717) is 6.61 Å². The minimum Gasteiger partial charge on any atom is -0.492 e. The van der Waals surface area contributed by atoms with Gasteiger partial charge in [-0.3, -0.25) is 0 Å². The summed E-state index contributed by atoms with van der Waals surface area (Å²) in [6.07, 6.45) is 0. The molecule has 1 atom stereocenters. The van der Waals surface area contributed by atoms with Crippen molar-refractivity contribution in [3.63, 3.8) is 0 Å². The fraction of sp³-hybridized carbons (Fsp3) is 0.381. The molecule has 1 aliphatic rings. The Balaban J connectivity index is 1.56. The van der Waals surface area contributed by atoms with E-state index in [-0.39, 0.29) is 6.04 Å². The number of benzene rings is 2. The summed E-state index contributed by atoms with van der Waals surface area (Å²) in [4.78, 5) is 4.64. The third kappa shape index (κ3) is 4.47. The van der Waals surface area contributed by atoms with E-state index in [1.807, 2.05) is 25.1 Å². The van der Waals surface area contributed by atoms with Crippen LogP contribution in [0, 0.1) is 0 Å². The van der Waals surface area contributed by atoms with Gasteiger partial charge in [0.05, 0.1) is 18.3 Å². The van der Waals surface area contributed by atoms with Gasteiger partial charge in [0.25, 0.3) is 0 Å². The Kier molecular flexibility index (Phi) is 6.34. The van der Waals surface area contributed by atoms with Crippen molar-refractivity contribution in [3.8, 4) is 5.75 Å². The number of para-hydroxylation sites is 2. The van der Waals surface area contributed by atoms with Crippen molar-refractivity contribution < 1.29 is 4.74 Å². The first-order valence-electron chi connectivity index (χ1n) is 9.26. The summed E-state index contributed by atoms with van der Waals surface area (Å²) in [6.45, 7) is 8.55. The highest BCUT2D eigenvalue weighted by Gasteiger charge is 2.22. The second kappa shape index (κ2) is 8.90. The molecular weight excluding hydrogens is 342 g/mol. The van der Waals surface area contributed by atoms with Gasteiger partial charge in [-0.1, -0.05) is 42.5 Å². The van der Waals surface area contributed by atoms with Crippen LogP contribution in [0.2, 0.25) is 0 Å². The SMILES string of the molecule is CCOc1ccccc1N1CCN(C(=S)NC(C)c2ccccc2)CC1. The molecule has 4 nitrogen and oxygen atoms in total. The van der Waals surface area contributed by atoms with Crippen LogP contribution in [0.15, 0.2) is 54.6 Å². The lowest BCUT2D eigenvalue weighted by Gasteiger charge is -2.38. The Bertz CT molecular complexity index is 714. The number of nitrogens with one attached hydrogen (secondary N) is 1. The molecule has 3 rings (SSSR count). The molecule has 0 spiro atoms. The number of ether oxygens (including phenoxy) is 1. The predicted octanol–water partition coefficient (Wildman–Crippen LogP) is 3.84. The van der Waals surface area contributed by atoms with E-state index in [9.17, 15) is 0 Å². The smallest absolute Gasteiger partial charge is 0.169 e. The summed E-state index contributed by atoms with van der Waals surface area (Å²) in [5.41, 5.74) is 2.42. The van der Waals surface area contributed by atoms with E-state index < -0.39 is 0 Å². The van der Waals surface area contributed by atoms with Gasteiger partial charge in [0.15, 0.2) is 5.11 Å². The normalized spacial score (nSPS) is 15.5. The van der Waals surface area contributed by atoms with Gasteiger partial charge in [0, 0.05) is 26.2 Å². The topological polar surface area (TPSA) is 27.7 Å². The molecule has 1 N–H and O–H groups in total. The van der Waals surface area contributed by atoms with Crippen molar-refractivity contribution >= 4 is 23.0 Å². The van der Waals surface area contributed by atoms with Crippen LogP contribution in [0.5, 0.6) is 5.75 Å². The van der Waals surface area contributed by atoms with Crippen molar-refractivity contribution in [1.29, 1.82) is 0 Å². The first kappa shape index (κ1) is 18.5. The number of hydrogen-bond acceptors (Lipinski definition) is 3. The summed E-state index contributed by atoms with van der Waals surface area (Å²) in [5.74, 6) is 0.960. The van der Waals surface area contributed by atoms with Crippen LogP contribution in [-0.4, -0.2) is 42.8 Å². The highest BCUT2D eigenvalue weighted by atomic mass is 32.1. The average molecular weight is 370 g/mol. The number of hydrogen-bond donors (Lipinski definition) is 1. The minimum absolute atomic E-state index is 0.209. The number of thiocarbonyl (C=S) groups is 1. The quantitative estimate of drug-likeness (QED) is 0.809. The van der Waals surface area contributed by atoms with E-state index in [1.54, 1.807) is 0 Å².